The molecule has 2 aromatic rings. The molecule has 0 spiro atoms. The van der Waals surface area contributed by atoms with Gasteiger partial charge in [0.1, 0.15) is 0 Å². The van der Waals surface area contributed by atoms with E-state index in [1.165, 1.54) is 6.07 Å². The standard InChI is InChI=1S/C12H10F2O3S.Na.H/c13-12(14,18(15,16)17)8-10-6-3-5-9-4-1-2-7-11(9)10;;/h1-7H,8H2,(H,15,16,17);;. The molecule has 0 fully saturated rings. The Morgan fingerprint density at radius 2 is 1.63 bits per heavy atom. The molecule has 7 heteroatoms. The van der Waals surface area contributed by atoms with E-state index >= 15 is 0 Å². The van der Waals surface area contributed by atoms with E-state index in [1.807, 2.05) is 0 Å². The molecular formula is C12H11F2NaO3S. The van der Waals surface area contributed by atoms with Gasteiger partial charge in [0.2, 0.25) is 0 Å². The molecule has 0 bridgehead atoms. The van der Waals surface area contributed by atoms with Gasteiger partial charge in [0.25, 0.3) is 0 Å². The summed E-state index contributed by atoms with van der Waals surface area (Å²) in [5.74, 6) is 0. The molecule has 98 valence electrons. The van der Waals surface area contributed by atoms with Crippen LogP contribution in [0.1, 0.15) is 5.56 Å². The van der Waals surface area contributed by atoms with Gasteiger partial charge in [-0.05, 0) is 16.3 Å². The van der Waals surface area contributed by atoms with Gasteiger partial charge < -0.3 is 0 Å². The average molecular weight is 296 g/mol. The Balaban J connectivity index is 0.00000180. The van der Waals surface area contributed by atoms with Crippen molar-refractivity contribution in [2.75, 3.05) is 0 Å². The molecular weight excluding hydrogens is 285 g/mol. The van der Waals surface area contributed by atoms with Crippen molar-refractivity contribution in [2.24, 2.45) is 0 Å². The van der Waals surface area contributed by atoms with Crippen molar-refractivity contribution in [2.45, 2.75) is 11.7 Å². The Kier molecular flexibility index (Phi) is 5.08. The van der Waals surface area contributed by atoms with Crippen LogP contribution in [0.25, 0.3) is 10.8 Å². The van der Waals surface area contributed by atoms with Crippen LogP contribution >= 0.6 is 0 Å². The monoisotopic (exact) mass is 296 g/mol. The van der Waals surface area contributed by atoms with Gasteiger partial charge in [0, 0.05) is 0 Å². The van der Waals surface area contributed by atoms with Gasteiger partial charge in [-0.25, -0.2) is 0 Å². The Morgan fingerprint density at radius 1 is 1.05 bits per heavy atom. The minimum atomic E-state index is -5.40. The number of fused-ring (bicyclic) bond motifs is 1. The van der Waals surface area contributed by atoms with Crippen LogP contribution in [0.5, 0.6) is 0 Å². The van der Waals surface area contributed by atoms with E-state index in [0.29, 0.717) is 5.39 Å². The first kappa shape index (κ1) is 16.5. The normalized spacial score (nSPS) is 12.2. The molecule has 0 aromatic heterocycles. The Labute approximate surface area is 131 Å². The zero-order valence-corrected chi connectivity index (χ0v) is 9.99. The number of alkyl halides is 2. The predicted octanol–water partition coefficient (Wildman–Crippen LogP) is 2.21. The molecule has 19 heavy (non-hydrogen) atoms. The van der Waals surface area contributed by atoms with Crippen LogP contribution in [0.3, 0.4) is 0 Å². The molecule has 1 N–H and O–H groups in total. The van der Waals surface area contributed by atoms with Crippen molar-refractivity contribution in [1.82, 2.24) is 0 Å². The van der Waals surface area contributed by atoms with E-state index in [-0.39, 0.29) is 35.1 Å². The third kappa shape index (κ3) is 3.52. The summed E-state index contributed by atoms with van der Waals surface area (Å²) >= 11 is 0. The molecule has 0 saturated carbocycles. The van der Waals surface area contributed by atoms with Gasteiger partial charge in [-0.3, -0.25) is 4.55 Å². The van der Waals surface area contributed by atoms with E-state index in [9.17, 15) is 17.2 Å². The molecule has 0 aliphatic carbocycles. The first-order valence-corrected chi connectivity index (χ1v) is 6.57. The van der Waals surface area contributed by atoms with Crippen LogP contribution < -0.4 is 0 Å². The van der Waals surface area contributed by atoms with Gasteiger partial charge in [-0.1, -0.05) is 42.5 Å². The summed E-state index contributed by atoms with van der Waals surface area (Å²) in [6.07, 6.45) is -1.05. The second kappa shape index (κ2) is 5.85. The third-order valence-corrected chi connectivity index (χ3v) is 3.55. The first-order chi connectivity index (χ1) is 8.31. The van der Waals surface area contributed by atoms with Gasteiger partial charge in [-0.2, -0.15) is 17.2 Å². The third-order valence-electron chi connectivity index (χ3n) is 2.65. The summed E-state index contributed by atoms with van der Waals surface area (Å²) in [7, 11) is -5.40. The van der Waals surface area contributed by atoms with Crippen molar-refractivity contribution < 1.29 is 21.8 Å². The SMILES string of the molecule is O=S(=O)(O)C(F)(F)Cc1cccc2ccccc12.[NaH]. The molecule has 0 saturated heterocycles. The van der Waals surface area contributed by atoms with Gasteiger partial charge in [-0.15, -0.1) is 0 Å². The van der Waals surface area contributed by atoms with Crippen LogP contribution in [0.15, 0.2) is 42.5 Å². The van der Waals surface area contributed by atoms with Gasteiger partial charge in [0.05, 0.1) is 6.42 Å². The summed E-state index contributed by atoms with van der Waals surface area (Å²) in [6, 6.07) is 11.5. The molecule has 0 amide bonds. The van der Waals surface area contributed by atoms with Crippen molar-refractivity contribution >= 4 is 50.4 Å². The summed E-state index contributed by atoms with van der Waals surface area (Å²) in [4.78, 5) is 0. The molecule has 0 heterocycles. The molecule has 0 radical (unpaired) electrons. The van der Waals surface area contributed by atoms with Crippen LogP contribution in [0, 0.1) is 0 Å². The average Bonchev–Trinajstić information content (AvgIpc) is 2.27. The maximum atomic E-state index is 13.3. The number of hydrogen-bond acceptors (Lipinski definition) is 2. The summed E-state index contributed by atoms with van der Waals surface area (Å²) < 4.78 is 56.3. The van der Waals surface area contributed by atoms with Crippen LogP contribution in [0.2, 0.25) is 0 Å². The summed E-state index contributed by atoms with van der Waals surface area (Å²) in [5, 5.41) is -2.90. The first-order valence-electron chi connectivity index (χ1n) is 5.13. The van der Waals surface area contributed by atoms with Crippen LogP contribution in [-0.2, 0) is 16.5 Å². The quantitative estimate of drug-likeness (QED) is 0.698. The van der Waals surface area contributed by atoms with Crippen molar-refractivity contribution in [1.29, 1.82) is 0 Å². The Morgan fingerprint density at radius 3 is 2.26 bits per heavy atom. The van der Waals surface area contributed by atoms with Crippen molar-refractivity contribution in [3.8, 4) is 0 Å². The second-order valence-corrected chi connectivity index (χ2v) is 5.47. The molecule has 0 aliphatic rings. The number of hydrogen-bond donors (Lipinski definition) is 1. The van der Waals surface area contributed by atoms with Gasteiger partial charge >= 0.3 is 44.9 Å². The Hall–Kier alpha value is -0.530. The zero-order valence-electron chi connectivity index (χ0n) is 9.18. The van der Waals surface area contributed by atoms with Crippen LogP contribution in [0.4, 0.5) is 8.78 Å². The molecule has 2 rings (SSSR count). The van der Waals surface area contributed by atoms with Crippen LogP contribution in [-0.4, -0.2) is 47.8 Å². The van der Waals surface area contributed by atoms with E-state index in [1.54, 1.807) is 36.4 Å². The molecule has 0 atom stereocenters. The predicted molar refractivity (Wildman–Crippen MR) is 71.3 cm³/mol. The number of halogens is 2. The topological polar surface area (TPSA) is 54.4 Å². The van der Waals surface area contributed by atoms with E-state index in [4.69, 9.17) is 4.55 Å². The van der Waals surface area contributed by atoms with E-state index in [2.05, 4.69) is 0 Å². The molecule has 0 unspecified atom stereocenters. The van der Waals surface area contributed by atoms with Gasteiger partial charge in [0.15, 0.2) is 0 Å². The molecule has 3 nitrogen and oxygen atoms in total. The second-order valence-electron chi connectivity index (χ2n) is 3.93. The minimum absolute atomic E-state index is 0. The van der Waals surface area contributed by atoms with E-state index in [0.717, 1.165) is 5.39 Å². The summed E-state index contributed by atoms with van der Waals surface area (Å²) in [6.45, 7) is 0. The zero-order chi connectivity index (χ0) is 13.4. The molecule has 2 aromatic carbocycles. The summed E-state index contributed by atoms with van der Waals surface area (Å²) in [5.41, 5.74) is 0.177. The number of rotatable bonds is 3. The van der Waals surface area contributed by atoms with Crippen molar-refractivity contribution in [3.05, 3.63) is 48.0 Å². The van der Waals surface area contributed by atoms with Crippen molar-refractivity contribution in [3.63, 3.8) is 0 Å². The fourth-order valence-electron chi connectivity index (χ4n) is 1.76. The Bertz CT molecular complexity index is 681. The van der Waals surface area contributed by atoms with E-state index < -0.39 is 21.8 Å². The number of benzene rings is 2. The maximum absolute atomic E-state index is 13.3. The fourth-order valence-corrected chi connectivity index (χ4v) is 2.10. The fraction of sp³-hybridized carbons (Fsp3) is 0.167. The molecule has 0 aliphatic heterocycles.